The monoisotopic (exact) mass is 341 g/mol. The number of aromatic nitrogens is 3. The minimum Gasteiger partial charge on any atom is -0.399 e. The smallest absolute Gasteiger partial charge is 0.269 e. The maximum absolute atomic E-state index is 10.7. The number of anilines is 1. The molecule has 0 aliphatic heterocycles. The standard InChI is InChI=1S/C16H15N5O2S/c1-20-15(12-4-6-13(17)7-5-12)18-19-16(20)24-10-11-2-8-14(9-3-11)21(22)23/h2-9H,10,17H2,1H3. The van der Waals surface area contributed by atoms with Gasteiger partial charge in [0.05, 0.1) is 4.92 Å². The molecule has 1 heterocycles. The highest BCUT2D eigenvalue weighted by Gasteiger charge is 2.11. The molecule has 8 heteroatoms. The van der Waals surface area contributed by atoms with E-state index in [4.69, 9.17) is 5.73 Å². The van der Waals surface area contributed by atoms with Crippen LogP contribution in [0.25, 0.3) is 11.4 Å². The molecule has 0 unspecified atom stereocenters. The van der Waals surface area contributed by atoms with E-state index in [2.05, 4.69) is 10.2 Å². The fourth-order valence-electron chi connectivity index (χ4n) is 2.19. The highest BCUT2D eigenvalue weighted by atomic mass is 32.2. The van der Waals surface area contributed by atoms with Gasteiger partial charge in [0.2, 0.25) is 0 Å². The van der Waals surface area contributed by atoms with Crippen molar-refractivity contribution in [2.45, 2.75) is 10.9 Å². The van der Waals surface area contributed by atoms with Crippen LogP contribution in [0.3, 0.4) is 0 Å². The maximum Gasteiger partial charge on any atom is 0.269 e. The van der Waals surface area contributed by atoms with Gasteiger partial charge in [-0.3, -0.25) is 10.1 Å². The highest BCUT2D eigenvalue weighted by molar-refractivity contribution is 7.98. The molecular formula is C16H15N5O2S. The zero-order valence-corrected chi connectivity index (χ0v) is 13.7. The van der Waals surface area contributed by atoms with Crippen molar-refractivity contribution < 1.29 is 4.92 Å². The largest absolute Gasteiger partial charge is 0.399 e. The Balaban J connectivity index is 1.72. The van der Waals surface area contributed by atoms with Crippen molar-refractivity contribution in [1.82, 2.24) is 14.8 Å². The van der Waals surface area contributed by atoms with Crippen LogP contribution in [-0.2, 0) is 12.8 Å². The third-order valence-electron chi connectivity index (χ3n) is 3.52. The number of nitro groups is 1. The maximum atomic E-state index is 10.7. The summed E-state index contributed by atoms with van der Waals surface area (Å²) in [4.78, 5) is 10.3. The number of thioether (sulfide) groups is 1. The van der Waals surface area contributed by atoms with E-state index in [9.17, 15) is 10.1 Å². The fourth-order valence-corrected chi connectivity index (χ4v) is 3.05. The molecule has 2 N–H and O–H groups in total. The SMILES string of the molecule is Cn1c(SCc2ccc([N+](=O)[O-])cc2)nnc1-c1ccc(N)cc1. The van der Waals surface area contributed by atoms with Gasteiger partial charge in [-0.05, 0) is 29.8 Å². The first-order valence-corrected chi connectivity index (χ1v) is 8.14. The van der Waals surface area contributed by atoms with Gasteiger partial charge in [-0.25, -0.2) is 0 Å². The van der Waals surface area contributed by atoms with E-state index in [1.54, 1.807) is 12.1 Å². The summed E-state index contributed by atoms with van der Waals surface area (Å²) >= 11 is 1.53. The second kappa shape index (κ2) is 6.71. The zero-order valence-electron chi connectivity index (χ0n) is 12.9. The van der Waals surface area contributed by atoms with Crippen molar-refractivity contribution in [1.29, 1.82) is 0 Å². The van der Waals surface area contributed by atoms with Gasteiger partial charge in [-0.15, -0.1) is 10.2 Å². The summed E-state index contributed by atoms with van der Waals surface area (Å²) in [5.74, 6) is 1.42. The predicted octanol–water partition coefficient (Wildman–Crippen LogP) is 3.26. The molecule has 3 aromatic rings. The van der Waals surface area contributed by atoms with Crippen LogP contribution >= 0.6 is 11.8 Å². The average Bonchev–Trinajstić information content (AvgIpc) is 2.95. The number of nitrogens with two attached hydrogens (primary N) is 1. The molecule has 2 aromatic carbocycles. The molecule has 0 aliphatic rings. The molecule has 0 atom stereocenters. The molecule has 122 valence electrons. The minimum atomic E-state index is -0.404. The van der Waals surface area contributed by atoms with Gasteiger partial charge in [-0.2, -0.15) is 0 Å². The molecule has 0 aliphatic carbocycles. The second-order valence-electron chi connectivity index (χ2n) is 5.20. The Morgan fingerprint density at radius 3 is 2.42 bits per heavy atom. The summed E-state index contributed by atoms with van der Waals surface area (Å²) in [6, 6.07) is 14.0. The van der Waals surface area contributed by atoms with E-state index in [0.717, 1.165) is 22.1 Å². The molecule has 0 radical (unpaired) electrons. The number of non-ortho nitro benzene ring substituents is 1. The molecule has 0 bridgehead atoms. The number of nitro benzene ring substituents is 1. The molecule has 3 rings (SSSR count). The van der Waals surface area contributed by atoms with Crippen LogP contribution in [0.5, 0.6) is 0 Å². The van der Waals surface area contributed by atoms with Crippen molar-refractivity contribution in [3.05, 3.63) is 64.2 Å². The molecule has 0 saturated carbocycles. The fraction of sp³-hybridized carbons (Fsp3) is 0.125. The van der Waals surface area contributed by atoms with Gasteiger partial charge in [0.1, 0.15) is 0 Å². The number of benzene rings is 2. The predicted molar refractivity (Wildman–Crippen MR) is 93.5 cm³/mol. The summed E-state index contributed by atoms with van der Waals surface area (Å²) < 4.78 is 1.92. The molecule has 0 spiro atoms. The third-order valence-corrected chi connectivity index (χ3v) is 4.61. The van der Waals surface area contributed by atoms with Crippen LogP contribution in [0.2, 0.25) is 0 Å². The van der Waals surface area contributed by atoms with Crippen molar-refractivity contribution in [3.63, 3.8) is 0 Å². The van der Waals surface area contributed by atoms with Crippen molar-refractivity contribution in [3.8, 4) is 11.4 Å². The molecule has 0 fully saturated rings. The summed E-state index contributed by atoms with van der Waals surface area (Å²) in [5, 5.41) is 19.9. The lowest BCUT2D eigenvalue weighted by atomic mass is 10.2. The molecule has 0 amide bonds. The zero-order chi connectivity index (χ0) is 17.1. The van der Waals surface area contributed by atoms with Gasteiger partial charge in [0, 0.05) is 36.2 Å². The van der Waals surface area contributed by atoms with E-state index in [1.165, 1.54) is 23.9 Å². The summed E-state index contributed by atoms with van der Waals surface area (Å²) in [5.41, 5.74) is 8.43. The average molecular weight is 341 g/mol. The molecular weight excluding hydrogens is 326 g/mol. The first-order valence-electron chi connectivity index (χ1n) is 7.16. The number of hydrogen-bond acceptors (Lipinski definition) is 6. The van der Waals surface area contributed by atoms with Gasteiger partial charge in [0.15, 0.2) is 11.0 Å². The highest BCUT2D eigenvalue weighted by Crippen LogP contribution is 2.26. The van der Waals surface area contributed by atoms with Crippen LogP contribution < -0.4 is 5.73 Å². The lowest BCUT2D eigenvalue weighted by Gasteiger charge is -2.04. The quantitative estimate of drug-likeness (QED) is 0.331. The number of nitrogens with zero attached hydrogens (tertiary/aromatic N) is 4. The van der Waals surface area contributed by atoms with E-state index in [-0.39, 0.29) is 5.69 Å². The van der Waals surface area contributed by atoms with E-state index in [1.807, 2.05) is 35.9 Å². The first kappa shape index (κ1) is 16.0. The number of hydrogen-bond donors (Lipinski definition) is 1. The minimum absolute atomic E-state index is 0.0908. The lowest BCUT2D eigenvalue weighted by Crippen LogP contribution is -1.95. The summed E-state index contributed by atoms with van der Waals surface area (Å²) in [6.45, 7) is 0. The number of nitrogen functional groups attached to an aromatic ring is 1. The van der Waals surface area contributed by atoms with Crippen molar-refractivity contribution in [2.24, 2.45) is 7.05 Å². The van der Waals surface area contributed by atoms with Crippen molar-refractivity contribution >= 4 is 23.1 Å². The first-order chi connectivity index (χ1) is 11.5. The molecule has 0 saturated heterocycles. The van der Waals surface area contributed by atoms with Crippen LogP contribution in [0, 0.1) is 10.1 Å². The van der Waals surface area contributed by atoms with Crippen LogP contribution in [0.15, 0.2) is 53.7 Å². The normalized spacial score (nSPS) is 10.7. The summed E-state index contributed by atoms with van der Waals surface area (Å²) in [6.07, 6.45) is 0. The van der Waals surface area contributed by atoms with Gasteiger partial charge in [0.25, 0.3) is 5.69 Å². The van der Waals surface area contributed by atoms with Crippen LogP contribution in [0.4, 0.5) is 11.4 Å². The van der Waals surface area contributed by atoms with Gasteiger partial charge >= 0.3 is 0 Å². The Kier molecular flexibility index (Phi) is 4.48. The van der Waals surface area contributed by atoms with Crippen LogP contribution in [0.1, 0.15) is 5.56 Å². The lowest BCUT2D eigenvalue weighted by molar-refractivity contribution is -0.384. The summed E-state index contributed by atoms with van der Waals surface area (Å²) in [7, 11) is 1.91. The Morgan fingerprint density at radius 1 is 1.12 bits per heavy atom. The van der Waals surface area contributed by atoms with E-state index < -0.39 is 4.92 Å². The van der Waals surface area contributed by atoms with Gasteiger partial charge in [-0.1, -0.05) is 23.9 Å². The second-order valence-corrected chi connectivity index (χ2v) is 6.14. The Bertz CT molecular complexity index is 859. The number of rotatable bonds is 5. The van der Waals surface area contributed by atoms with Gasteiger partial charge < -0.3 is 10.3 Å². The Morgan fingerprint density at radius 2 is 1.79 bits per heavy atom. The third kappa shape index (κ3) is 3.38. The Hall–Kier alpha value is -2.87. The van der Waals surface area contributed by atoms with E-state index >= 15 is 0 Å². The van der Waals surface area contributed by atoms with Crippen LogP contribution in [-0.4, -0.2) is 19.7 Å². The molecule has 24 heavy (non-hydrogen) atoms. The topological polar surface area (TPSA) is 99.9 Å². The molecule has 7 nitrogen and oxygen atoms in total. The van der Waals surface area contributed by atoms with Crippen molar-refractivity contribution in [2.75, 3.05) is 5.73 Å². The molecule has 1 aromatic heterocycles. The van der Waals surface area contributed by atoms with E-state index in [0.29, 0.717) is 11.4 Å². The Labute approximate surface area is 142 Å².